The molecular weight excluding hydrogens is 1330 g/mol. The Morgan fingerprint density at radius 1 is 0.265 bits per heavy atom. The molecule has 0 aromatic rings. The van der Waals surface area contributed by atoms with E-state index < -0.39 is 97.5 Å². The summed E-state index contributed by atoms with van der Waals surface area (Å²) in [6.07, 6.45) is 68.3. The van der Waals surface area contributed by atoms with Gasteiger partial charge in [0, 0.05) is 25.7 Å². The smallest absolute Gasteiger partial charge is 0.462 e. The van der Waals surface area contributed by atoms with Crippen LogP contribution in [-0.4, -0.2) is 96.7 Å². The molecule has 0 radical (unpaired) electrons. The average molecular weight is 1490 g/mol. The molecular formula is C83H162O17P2. The number of esters is 4. The Labute approximate surface area is 626 Å². The molecule has 5 atom stereocenters. The van der Waals surface area contributed by atoms with Gasteiger partial charge in [-0.3, -0.25) is 37.3 Å². The van der Waals surface area contributed by atoms with Gasteiger partial charge in [-0.15, -0.1) is 0 Å². The summed E-state index contributed by atoms with van der Waals surface area (Å²) >= 11 is 0. The van der Waals surface area contributed by atoms with E-state index in [0.29, 0.717) is 25.7 Å². The van der Waals surface area contributed by atoms with Crippen LogP contribution < -0.4 is 0 Å². The summed E-state index contributed by atoms with van der Waals surface area (Å²) in [4.78, 5) is 73.0. The van der Waals surface area contributed by atoms with Gasteiger partial charge in [0.1, 0.15) is 19.3 Å². The number of aliphatic hydroxyl groups is 1. The summed E-state index contributed by atoms with van der Waals surface area (Å²) in [7, 11) is -9.92. The quantitative estimate of drug-likeness (QED) is 0.0222. The van der Waals surface area contributed by atoms with Crippen LogP contribution >= 0.6 is 15.6 Å². The summed E-state index contributed by atoms with van der Waals surface area (Å²) in [6.45, 7) is 7.28. The van der Waals surface area contributed by atoms with Gasteiger partial charge in [0.05, 0.1) is 26.4 Å². The molecule has 0 heterocycles. The molecule has 0 saturated carbocycles. The number of unbranched alkanes of at least 4 members (excludes halogenated alkanes) is 55. The third-order valence-electron chi connectivity index (χ3n) is 19.5. The zero-order valence-corrected chi connectivity index (χ0v) is 68.5. The molecule has 0 aliphatic heterocycles. The molecule has 0 amide bonds. The molecule has 19 heteroatoms. The lowest BCUT2D eigenvalue weighted by atomic mass is 10.0. The Morgan fingerprint density at radius 2 is 0.451 bits per heavy atom. The van der Waals surface area contributed by atoms with Crippen molar-refractivity contribution < 1.29 is 80.2 Å². The van der Waals surface area contributed by atoms with E-state index in [4.69, 9.17) is 37.0 Å². The Hall–Kier alpha value is -1.94. The molecule has 0 spiro atoms. The number of phosphoric acid groups is 2. The Morgan fingerprint density at radius 3 is 0.667 bits per heavy atom. The topological polar surface area (TPSA) is 237 Å². The molecule has 0 aliphatic rings. The van der Waals surface area contributed by atoms with Crippen LogP contribution in [0.25, 0.3) is 0 Å². The largest absolute Gasteiger partial charge is 0.472 e. The Bertz CT molecular complexity index is 1940. The van der Waals surface area contributed by atoms with E-state index in [-0.39, 0.29) is 25.7 Å². The molecule has 0 aliphatic carbocycles. The summed E-state index contributed by atoms with van der Waals surface area (Å²) in [6, 6.07) is 0. The molecule has 606 valence electrons. The van der Waals surface area contributed by atoms with E-state index in [0.717, 1.165) is 95.8 Å². The minimum Gasteiger partial charge on any atom is -0.462 e. The number of hydrogen-bond donors (Lipinski definition) is 3. The van der Waals surface area contributed by atoms with E-state index >= 15 is 0 Å². The first-order valence-corrected chi connectivity index (χ1v) is 46.1. The zero-order chi connectivity index (χ0) is 74.8. The van der Waals surface area contributed by atoms with Crippen molar-refractivity contribution in [2.45, 2.75) is 464 Å². The highest BCUT2D eigenvalue weighted by Crippen LogP contribution is 2.45. The molecule has 0 bridgehead atoms. The van der Waals surface area contributed by atoms with Crippen LogP contribution in [0.3, 0.4) is 0 Å². The number of carbonyl (C=O) groups is 4. The van der Waals surface area contributed by atoms with Crippen molar-refractivity contribution in [3.05, 3.63) is 0 Å². The second-order valence-electron chi connectivity index (χ2n) is 30.3. The molecule has 0 fully saturated rings. The van der Waals surface area contributed by atoms with E-state index in [2.05, 4.69) is 34.6 Å². The molecule has 2 unspecified atom stereocenters. The van der Waals surface area contributed by atoms with Crippen molar-refractivity contribution in [2.75, 3.05) is 39.6 Å². The summed E-state index contributed by atoms with van der Waals surface area (Å²) in [5, 5.41) is 10.6. The fraction of sp³-hybridized carbons (Fsp3) is 0.952. The predicted molar refractivity (Wildman–Crippen MR) is 418 cm³/mol. The standard InChI is InChI=1S/C83H162O17P2/c1-6-9-12-15-18-21-24-26-28-30-32-33-34-36-38-40-42-44-47-53-58-63-68-82(87)99-78(72-94-81(86)67-62-57-52-46-43-41-39-37-35-31-29-27-25-22-19-16-13-10-7-2)74-97-101(89,90)95-70-77(84)71-96-102(91,92)98-75-79(73-93-80(85)66-61-56-51-45-23-20-17-14-11-8-3)100-83(88)69-64-59-54-49-48-50-55-60-65-76(4)5/h76-79,84H,6-75H2,1-5H3,(H,89,90)(H,91,92)/t77-,78-,79-/m1/s1. The predicted octanol–water partition coefficient (Wildman–Crippen LogP) is 25.2. The van der Waals surface area contributed by atoms with Crippen LogP contribution in [0.15, 0.2) is 0 Å². The molecule has 17 nitrogen and oxygen atoms in total. The number of ether oxygens (including phenoxy) is 4. The van der Waals surface area contributed by atoms with Gasteiger partial charge < -0.3 is 33.8 Å². The fourth-order valence-corrected chi connectivity index (χ4v) is 14.5. The SMILES string of the molecule is CCCCCCCCCCCCCCCCCCCCCCCCC(=O)O[C@H](COC(=O)CCCCCCCCCCCCCCCCCCCCC)COP(=O)(O)OC[C@@H](O)COP(=O)(O)OC[C@@H](COC(=O)CCCCCCCCCCCC)OC(=O)CCCCCCCCCCC(C)C. The lowest BCUT2D eigenvalue weighted by Crippen LogP contribution is -2.30. The van der Waals surface area contributed by atoms with Gasteiger partial charge in [0.2, 0.25) is 0 Å². The minimum atomic E-state index is -4.96. The maximum absolute atomic E-state index is 13.1. The number of rotatable bonds is 83. The van der Waals surface area contributed by atoms with Gasteiger partial charge in [-0.1, -0.05) is 394 Å². The van der Waals surface area contributed by atoms with Gasteiger partial charge in [-0.25, -0.2) is 9.13 Å². The van der Waals surface area contributed by atoms with Crippen LogP contribution in [0.2, 0.25) is 0 Å². The molecule has 3 N–H and O–H groups in total. The van der Waals surface area contributed by atoms with Crippen molar-refractivity contribution in [1.29, 1.82) is 0 Å². The molecule has 0 aromatic heterocycles. The number of phosphoric ester groups is 2. The van der Waals surface area contributed by atoms with E-state index in [1.54, 1.807) is 0 Å². The fourth-order valence-electron chi connectivity index (χ4n) is 12.9. The lowest BCUT2D eigenvalue weighted by molar-refractivity contribution is -0.161. The third kappa shape index (κ3) is 76.3. The van der Waals surface area contributed by atoms with Crippen LogP contribution in [0.4, 0.5) is 0 Å². The van der Waals surface area contributed by atoms with Gasteiger partial charge in [-0.05, 0) is 31.6 Å². The summed E-state index contributed by atoms with van der Waals surface area (Å²) in [5.74, 6) is -1.39. The highest BCUT2D eigenvalue weighted by Gasteiger charge is 2.30. The first-order valence-electron chi connectivity index (χ1n) is 43.1. The Kier molecular flexibility index (Phi) is 74.4. The van der Waals surface area contributed by atoms with Gasteiger partial charge in [-0.2, -0.15) is 0 Å². The van der Waals surface area contributed by atoms with Gasteiger partial charge in [0.15, 0.2) is 12.2 Å². The second kappa shape index (κ2) is 75.9. The van der Waals surface area contributed by atoms with Crippen molar-refractivity contribution in [3.8, 4) is 0 Å². The maximum Gasteiger partial charge on any atom is 0.472 e. The van der Waals surface area contributed by atoms with Crippen molar-refractivity contribution in [2.24, 2.45) is 5.92 Å². The third-order valence-corrected chi connectivity index (χ3v) is 21.4. The first-order chi connectivity index (χ1) is 49.5. The lowest BCUT2D eigenvalue weighted by Gasteiger charge is -2.21. The maximum atomic E-state index is 13.1. The highest BCUT2D eigenvalue weighted by molar-refractivity contribution is 7.47. The second-order valence-corrected chi connectivity index (χ2v) is 33.3. The number of carbonyl (C=O) groups excluding carboxylic acids is 4. The van der Waals surface area contributed by atoms with Crippen molar-refractivity contribution >= 4 is 39.5 Å². The zero-order valence-electron chi connectivity index (χ0n) is 66.8. The van der Waals surface area contributed by atoms with Gasteiger partial charge >= 0.3 is 39.5 Å². The van der Waals surface area contributed by atoms with Crippen LogP contribution in [0.1, 0.15) is 446 Å². The normalized spacial score (nSPS) is 13.8. The average Bonchev–Trinajstić information content (AvgIpc) is 0.925. The molecule has 0 saturated heterocycles. The van der Waals surface area contributed by atoms with Crippen LogP contribution in [0, 0.1) is 5.92 Å². The first kappa shape index (κ1) is 100. The molecule has 0 aromatic carbocycles. The van der Waals surface area contributed by atoms with E-state index in [1.807, 2.05) is 0 Å². The molecule has 0 rings (SSSR count). The van der Waals surface area contributed by atoms with Crippen LogP contribution in [0.5, 0.6) is 0 Å². The summed E-state index contributed by atoms with van der Waals surface area (Å²) < 4.78 is 68.7. The monoisotopic (exact) mass is 1490 g/mol. The van der Waals surface area contributed by atoms with Crippen molar-refractivity contribution in [1.82, 2.24) is 0 Å². The highest BCUT2D eigenvalue weighted by atomic mass is 31.2. The van der Waals surface area contributed by atoms with E-state index in [9.17, 15) is 43.2 Å². The number of hydrogen-bond acceptors (Lipinski definition) is 15. The van der Waals surface area contributed by atoms with Crippen LogP contribution in [-0.2, 0) is 65.4 Å². The molecule has 102 heavy (non-hydrogen) atoms. The minimum absolute atomic E-state index is 0.105. The number of aliphatic hydroxyl groups excluding tert-OH is 1. The van der Waals surface area contributed by atoms with E-state index in [1.165, 1.54) is 270 Å². The van der Waals surface area contributed by atoms with Crippen molar-refractivity contribution in [3.63, 3.8) is 0 Å². The summed E-state index contributed by atoms with van der Waals surface area (Å²) in [5.41, 5.74) is 0. The van der Waals surface area contributed by atoms with Gasteiger partial charge in [0.25, 0.3) is 0 Å². The Balaban J connectivity index is 5.18.